The van der Waals surface area contributed by atoms with Crippen molar-refractivity contribution >= 4 is 11.9 Å². The Balaban J connectivity index is 1.37. The summed E-state index contributed by atoms with van der Waals surface area (Å²) >= 11 is 0. The minimum Gasteiger partial charge on any atom is -0.343 e. The summed E-state index contributed by atoms with van der Waals surface area (Å²) < 4.78 is 5.19. The van der Waals surface area contributed by atoms with E-state index >= 15 is 0 Å². The minimum absolute atomic E-state index is 0.279. The summed E-state index contributed by atoms with van der Waals surface area (Å²) in [4.78, 5) is 20.6. The lowest BCUT2D eigenvalue weighted by atomic mass is 9.92. The van der Waals surface area contributed by atoms with Gasteiger partial charge in [0.25, 0.3) is 0 Å². The molecule has 1 aromatic heterocycles. The van der Waals surface area contributed by atoms with Crippen molar-refractivity contribution in [2.45, 2.75) is 38.5 Å². The van der Waals surface area contributed by atoms with Gasteiger partial charge in [0, 0.05) is 40.0 Å². The molecular formula is C20H28N4O2. The number of aryl methyl sites for hydroxylation is 2. The molecule has 1 aromatic carbocycles. The molecule has 0 atom stereocenters. The first-order valence-electron chi connectivity index (χ1n) is 9.43. The highest BCUT2D eigenvalue weighted by Gasteiger charge is 2.23. The lowest BCUT2D eigenvalue weighted by Crippen LogP contribution is -2.38. The number of nitrogens with zero attached hydrogens (tertiary/aromatic N) is 4. The van der Waals surface area contributed by atoms with Crippen molar-refractivity contribution in [2.75, 3.05) is 32.1 Å². The van der Waals surface area contributed by atoms with Crippen LogP contribution in [0.15, 0.2) is 34.9 Å². The molecule has 1 aliphatic heterocycles. The van der Waals surface area contributed by atoms with Crippen LogP contribution < -0.4 is 4.90 Å². The molecule has 6 nitrogen and oxygen atoms in total. The van der Waals surface area contributed by atoms with Crippen molar-refractivity contribution in [3.63, 3.8) is 0 Å². The average molecular weight is 356 g/mol. The van der Waals surface area contributed by atoms with Crippen LogP contribution >= 0.6 is 0 Å². The molecular weight excluding hydrogens is 328 g/mol. The topological polar surface area (TPSA) is 62.5 Å². The Kier molecular flexibility index (Phi) is 6.26. The molecule has 0 bridgehead atoms. The standard InChI is InChI=1S/C20H28N4O2/c1-23(2)20-21-18(22-26-20)10-8-17-12-14-24(15-13-17)19(25)11-9-16-6-4-3-5-7-16/h3-7,17H,8-15H2,1-2H3. The zero-order valence-corrected chi connectivity index (χ0v) is 15.7. The molecule has 6 heteroatoms. The molecule has 2 aromatic rings. The fourth-order valence-electron chi connectivity index (χ4n) is 3.39. The third kappa shape index (κ3) is 5.07. The molecule has 1 fully saturated rings. The van der Waals surface area contributed by atoms with E-state index in [-0.39, 0.29) is 5.91 Å². The summed E-state index contributed by atoms with van der Waals surface area (Å²) in [5.41, 5.74) is 1.23. The maximum Gasteiger partial charge on any atom is 0.323 e. The van der Waals surface area contributed by atoms with E-state index in [1.165, 1.54) is 5.56 Å². The van der Waals surface area contributed by atoms with Crippen LogP contribution in [0, 0.1) is 5.92 Å². The van der Waals surface area contributed by atoms with Gasteiger partial charge in [-0.3, -0.25) is 4.79 Å². The molecule has 0 spiro atoms. The number of amides is 1. The van der Waals surface area contributed by atoms with Crippen LogP contribution in [0.4, 0.5) is 6.01 Å². The van der Waals surface area contributed by atoms with Gasteiger partial charge in [0.05, 0.1) is 0 Å². The third-order valence-corrected chi connectivity index (χ3v) is 5.05. The molecule has 0 unspecified atom stereocenters. The number of aromatic nitrogens is 2. The van der Waals surface area contributed by atoms with Gasteiger partial charge < -0.3 is 14.3 Å². The van der Waals surface area contributed by atoms with Crippen LogP contribution in [0.2, 0.25) is 0 Å². The Morgan fingerprint density at radius 3 is 2.58 bits per heavy atom. The van der Waals surface area contributed by atoms with Crippen molar-refractivity contribution < 1.29 is 9.32 Å². The molecule has 26 heavy (non-hydrogen) atoms. The zero-order chi connectivity index (χ0) is 18.4. The van der Waals surface area contributed by atoms with Crippen LogP contribution in [-0.4, -0.2) is 48.1 Å². The maximum absolute atomic E-state index is 12.4. The number of carbonyl (C=O) groups is 1. The number of rotatable bonds is 7. The van der Waals surface area contributed by atoms with Gasteiger partial charge in [-0.15, -0.1) is 0 Å². The number of hydrogen-bond donors (Lipinski definition) is 0. The Labute approximate surface area is 155 Å². The molecule has 0 saturated carbocycles. The molecule has 0 aliphatic carbocycles. The van der Waals surface area contributed by atoms with E-state index in [0.717, 1.165) is 51.0 Å². The summed E-state index contributed by atoms with van der Waals surface area (Å²) in [5, 5.41) is 4.03. The lowest BCUT2D eigenvalue weighted by molar-refractivity contribution is -0.132. The molecule has 3 rings (SSSR count). The van der Waals surface area contributed by atoms with Crippen LogP contribution in [-0.2, 0) is 17.6 Å². The number of likely N-dealkylation sites (tertiary alicyclic amines) is 1. The van der Waals surface area contributed by atoms with Gasteiger partial charge in [-0.05, 0) is 37.2 Å². The van der Waals surface area contributed by atoms with Crippen LogP contribution in [0.3, 0.4) is 0 Å². The SMILES string of the molecule is CN(C)c1nc(CCC2CCN(C(=O)CCc3ccccc3)CC2)no1. The van der Waals surface area contributed by atoms with Gasteiger partial charge in [-0.2, -0.15) is 4.98 Å². The second kappa shape index (κ2) is 8.83. The van der Waals surface area contributed by atoms with Gasteiger partial charge in [0.15, 0.2) is 5.82 Å². The number of hydrogen-bond acceptors (Lipinski definition) is 5. The quantitative estimate of drug-likeness (QED) is 0.763. The predicted molar refractivity (Wildman–Crippen MR) is 101 cm³/mol. The molecule has 0 N–H and O–H groups in total. The minimum atomic E-state index is 0.279. The smallest absolute Gasteiger partial charge is 0.323 e. The van der Waals surface area contributed by atoms with Crippen molar-refractivity contribution in [1.82, 2.24) is 15.0 Å². The Morgan fingerprint density at radius 2 is 1.92 bits per heavy atom. The predicted octanol–water partition coefficient (Wildman–Crippen LogP) is 2.94. The maximum atomic E-state index is 12.4. The highest BCUT2D eigenvalue weighted by Crippen LogP contribution is 2.23. The van der Waals surface area contributed by atoms with Gasteiger partial charge in [0.2, 0.25) is 5.91 Å². The van der Waals surface area contributed by atoms with E-state index in [9.17, 15) is 4.79 Å². The average Bonchev–Trinajstić information content (AvgIpc) is 3.15. The van der Waals surface area contributed by atoms with Crippen LogP contribution in [0.1, 0.15) is 37.1 Å². The first kappa shape index (κ1) is 18.4. The van der Waals surface area contributed by atoms with Crippen LogP contribution in [0.25, 0.3) is 0 Å². The lowest BCUT2D eigenvalue weighted by Gasteiger charge is -2.32. The van der Waals surface area contributed by atoms with E-state index in [2.05, 4.69) is 22.3 Å². The fourth-order valence-corrected chi connectivity index (χ4v) is 3.39. The van der Waals surface area contributed by atoms with Gasteiger partial charge in [-0.25, -0.2) is 0 Å². The number of anilines is 1. The van der Waals surface area contributed by atoms with Crippen molar-refractivity contribution in [3.05, 3.63) is 41.7 Å². The first-order chi connectivity index (χ1) is 12.6. The Morgan fingerprint density at radius 1 is 1.19 bits per heavy atom. The molecule has 0 radical (unpaired) electrons. The Hall–Kier alpha value is -2.37. The molecule has 1 amide bonds. The summed E-state index contributed by atoms with van der Waals surface area (Å²) in [6.45, 7) is 1.74. The van der Waals surface area contributed by atoms with E-state index in [1.807, 2.05) is 42.1 Å². The fraction of sp³-hybridized carbons (Fsp3) is 0.550. The number of benzene rings is 1. The highest BCUT2D eigenvalue weighted by atomic mass is 16.5. The van der Waals surface area contributed by atoms with E-state index in [1.54, 1.807) is 0 Å². The normalized spacial score (nSPS) is 15.2. The van der Waals surface area contributed by atoms with Crippen molar-refractivity contribution in [1.29, 1.82) is 0 Å². The summed E-state index contributed by atoms with van der Waals surface area (Å²) in [7, 11) is 3.78. The van der Waals surface area contributed by atoms with Gasteiger partial charge >= 0.3 is 6.01 Å². The monoisotopic (exact) mass is 356 g/mol. The van der Waals surface area contributed by atoms with E-state index in [4.69, 9.17) is 4.52 Å². The molecule has 2 heterocycles. The van der Waals surface area contributed by atoms with Gasteiger partial charge in [-0.1, -0.05) is 35.5 Å². The Bertz CT molecular complexity index is 691. The van der Waals surface area contributed by atoms with E-state index in [0.29, 0.717) is 18.4 Å². The third-order valence-electron chi connectivity index (χ3n) is 5.05. The molecule has 140 valence electrons. The van der Waals surface area contributed by atoms with Crippen molar-refractivity contribution in [3.8, 4) is 0 Å². The largest absolute Gasteiger partial charge is 0.343 e. The number of carbonyl (C=O) groups excluding carboxylic acids is 1. The molecule has 1 saturated heterocycles. The molecule has 1 aliphatic rings. The van der Waals surface area contributed by atoms with Crippen LogP contribution in [0.5, 0.6) is 0 Å². The summed E-state index contributed by atoms with van der Waals surface area (Å²) in [6.07, 6.45) is 5.45. The summed E-state index contributed by atoms with van der Waals surface area (Å²) in [5.74, 6) is 1.69. The first-order valence-corrected chi connectivity index (χ1v) is 9.43. The second-order valence-electron chi connectivity index (χ2n) is 7.24. The van der Waals surface area contributed by atoms with E-state index < -0.39 is 0 Å². The van der Waals surface area contributed by atoms with Gasteiger partial charge in [0.1, 0.15) is 0 Å². The highest BCUT2D eigenvalue weighted by molar-refractivity contribution is 5.76. The summed E-state index contributed by atoms with van der Waals surface area (Å²) in [6, 6.07) is 10.8. The number of piperidine rings is 1. The zero-order valence-electron chi connectivity index (χ0n) is 15.7. The second-order valence-corrected chi connectivity index (χ2v) is 7.24. The van der Waals surface area contributed by atoms with Crippen molar-refractivity contribution in [2.24, 2.45) is 5.92 Å².